The minimum absolute atomic E-state index is 0.347. The molecule has 0 bridgehead atoms. The van der Waals surface area contributed by atoms with Gasteiger partial charge in [-0.25, -0.2) is 4.39 Å². The molecule has 1 aliphatic heterocycles. The summed E-state index contributed by atoms with van der Waals surface area (Å²) >= 11 is 6.13. The molecule has 0 amide bonds. The van der Waals surface area contributed by atoms with E-state index in [1.54, 1.807) is 6.07 Å². The second-order valence-corrected chi connectivity index (χ2v) is 10.2. The van der Waals surface area contributed by atoms with Gasteiger partial charge in [0.25, 0.3) is 0 Å². The van der Waals surface area contributed by atoms with E-state index in [1.165, 1.54) is 51.0 Å². The summed E-state index contributed by atoms with van der Waals surface area (Å²) < 4.78 is 13.2. The number of nitrogens with one attached hydrogen (secondary N) is 1. The van der Waals surface area contributed by atoms with Gasteiger partial charge in [0, 0.05) is 24.7 Å². The van der Waals surface area contributed by atoms with E-state index >= 15 is 0 Å². The smallest absolute Gasteiger partial charge is 0.148 e. The third kappa shape index (κ3) is 5.07. The number of rotatable bonds is 5. The second-order valence-electron chi connectivity index (χ2n) is 9.83. The van der Waals surface area contributed by atoms with Crippen molar-refractivity contribution in [3.05, 3.63) is 41.2 Å². The molecule has 1 aliphatic carbocycles. The summed E-state index contributed by atoms with van der Waals surface area (Å²) in [7, 11) is 0. The Bertz CT molecular complexity index is 835. The van der Waals surface area contributed by atoms with Gasteiger partial charge >= 0.3 is 0 Å². The van der Waals surface area contributed by atoms with E-state index in [0.29, 0.717) is 27.7 Å². The zero-order valence-corrected chi connectivity index (χ0v) is 18.2. The van der Waals surface area contributed by atoms with Crippen molar-refractivity contribution in [2.24, 2.45) is 17.3 Å². The fourth-order valence-electron chi connectivity index (χ4n) is 4.65. The molecule has 2 unspecified atom stereocenters. The average molecular weight is 417 g/mol. The Morgan fingerprint density at radius 1 is 1.10 bits per heavy atom. The maximum atomic E-state index is 13.2. The van der Waals surface area contributed by atoms with Gasteiger partial charge in [-0.1, -0.05) is 32.4 Å². The van der Waals surface area contributed by atoms with Gasteiger partial charge in [0.2, 0.25) is 0 Å². The lowest BCUT2D eigenvalue weighted by Gasteiger charge is -2.24. The lowest BCUT2D eigenvalue weighted by atomic mass is 9.92. The predicted octanol–water partition coefficient (Wildman–Crippen LogP) is 5.49. The first kappa shape index (κ1) is 20.5. The molecule has 2 heterocycles. The molecular formula is C23H30ClFN4. The number of fused-ring (bicyclic) bond motifs is 1. The first-order valence-corrected chi connectivity index (χ1v) is 10.9. The fraction of sp³-hybridized carbons (Fsp3) is 0.565. The van der Waals surface area contributed by atoms with Gasteiger partial charge in [0.1, 0.15) is 11.6 Å². The van der Waals surface area contributed by atoms with Crippen LogP contribution < -0.4 is 5.32 Å². The minimum atomic E-state index is -0.353. The van der Waals surface area contributed by atoms with Crippen LogP contribution in [0, 0.1) is 23.1 Å². The predicted molar refractivity (Wildman–Crippen MR) is 117 cm³/mol. The van der Waals surface area contributed by atoms with Gasteiger partial charge in [-0.3, -0.25) is 0 Å². The molecule has 4 nitrogen and oxygen atoms in total. The Labute approximate surface area is 177 Å². The summed E-state index contributed by atoms with van der Waals surface area (Å²) in [6.45, 7) is 10.6. The van der Waals surface area contributed by atoms with Gasteiger partial charge in [-0.2, -0.15) is 0 Å². The molecule has 2 aliphatic rings. The van der Waals surface area contributed by atoms with Crippen molar-refractivity contribution >= 4 is 17.4 Å². The van der Waals surface area contributed by atoms with E-state index in [4.69, 9.17) is 11.6 Å². The monoisotopic (exact) mass is 416 g/mol. The van der Waals surface area contributed by atoms with Crippen LogP contribution in [0.1, 0.15) is 40.0 Å². The normalized spacial score (nSPS) is 24.7. The summed E-state index contributed by atoms with van der Waals surface area (Å²) in [5.41, 5.74) is 1.75. The van der Waals surface area contributed by atoms with E-state index in [-0.39, 0.29) is 5.82 Å². The molecule has 1 N–H and O–H groups in total. The zero-order chi connectivity index (χ0) is 20.6. The minimum Gasteiger partial charge on any atom is -0.366 e. The highest BCUT2D eigenvalue weighted by Gasteiger charge is 2.40. The van der Waals surface area contributed by atoms with E-state index < -0.39 is 0 Å². The summed E-state index contributed by atoms with van der Waals surface area (Å²) in [5.74, 6) is 2.02. The number of halogens is 2. The van der Waals surface area contributed by atoms with Gasteiger partial charge in [-0.05, 0) is 73.4 Å². The van der Waals surface area contributed by atoms with E-state index in [1.807, 2.05) is 12.1 Å². The van der Waals surface area contributed by atoms with Crippen LogP contribution in [0.15, 0.2) is 30.3 Å². The number of anilines is 1. The van der Waals surface area contributed by atoms with Gasteiger partial charge in [0.15, 0.2) is 0 Å². The Hall–Kier alpha value is -1.72. The number of hydrogen-bond donors (Lipinski definition) is 1. The molecule has 0 spiro atoms. The van der Waals surface area contributed by atoms with Gasteiger partial charge in [-0.15, -0.1) is 10.2 Å². The van der Waals surface area contributed by atoms with E-state index in [0.717, 1.165) is 17.7 Å². The Morgan fingerprint density at radius 3 is 2.41 bits per heavy atom. The summed E-state index contributed by atoms with van der Waals surface area (Å²) in [5, 5.41) is 12.5. The molecule has 2 fully saturated rings. The van der Waals surface area contributed by atoms with E-state index in [9.17, 15) is 4.39 Å². The van der Waals surface area contributed by atoms with Gasteiger partial charge < -0.3 is 10.2 Å². The van der Waals surface area contributed by atoms with Crippen LogP contribution in [0.25, 0.3) is 11.3 Å². The Kier molecular flexibility index (Phi) is 5.80. The average Bonchev–Trinajstić information content (AvgIpc) is 3.18. The van der Waals surface area contributed by atoms with Gasteiger partial charge in [0.05, 0.1) is 10.7 Å². The molecule has 1 aromatic heterocycles. The highest BCUT2D eigenvalue weighted by Crippen LogP contribution is 2.39. The lowest BCUT2D eigenvalue weighted by molar-refractivity contribution is 0.250. The molecule has 1 saturated carbocycles. The van der Waals surface area contributed by atoms with Crippen molar-refractivity contribution in [1.82, 2.24) is 15.1 Å². The molecular weight excluding hydrogens is 387 g/mol. The fourth-order valence-corrected chi connectivity index (χ4v) is 4.91. The summed E-state index contributed by atoms with van der Waals surface area (Å²) in [6, 6.07) is 8.61. The molecule has 29 heavy (non-hydrogen) atoms. The van der Waals surface area contributed by atoms with Crippen molar-refractivity contribution in [1.29, 1.82) is 0 Å². The van der Waals surface area contributed by atoms with Crippen LogP contribution in [0.5, 0.6) is 0 Å². The first-order valence-electron chi connectivity index (χ1n) is 10.5. The summed E-state index contributed by atoms with van der Waals surface area (Å²) in [6.07, 6.45) is 3.65. The van der Waals surface area contributed by atoms with Crippen LogP contribution in [0.3, 0.4) is 0 Å². The number of likely N-dealkylation sites (tertiary alicyclic amines) is 1. The SMILES string of the molecule is CC(C)(C)CCN1CC2CC(Nc3ccc(-c4ccc(F)cc4Cl)nn3)CC2C1. The maximum Gasteiger partial charge on any atom is 0.148 e. The van der Waals surface area contributed by atoms with Crippen molar-refractivity contribution in [3.63, 3.8) is 0 Å². The van der Waals surface area contributed by atoms with Crippen molar-refractivity contribution in [2.45, 2.75) is 46.1 Å². The molecule has 2 atom stereocenters. The van der Waals surface area contributed by atoms with Crippen molar-refractivity contribution in [2.75, 3.05) is 25.0 Å². The lowest BCUT2D eigenvalue weighted by Crippen LogP contribution is -2.28. The molecule has 2 aromatic rings. The quantitative estimate of drug-likeness (QED) is 0.699. The number of aromatic nitrogens is 2. The Balaban J connectivity index is 1.30. The standard InChI is InChI=1S/C23H30ClFN4/c1-23(2,3)8-9-29-13-15-10-18(11-16(15)14-29)26-22-7-6-21(27-28-22)19-5-4-17(25)12-20(19)24/h4-7,12,15-16,18H,8-11,13-14H2,1-3H3,(H,26,28). The molecule has 1 saturated heterocycles. The highest BCUT2D eigenvalue weighted by atomic mass is 35.5. The maximum absolute atomic E-state index is 13.2. The summed E-state index contributed by atoms with van der Waals surface area (Å²) in [4.78, 5) is 2.65. The molecule has 1 aromatic carbocycles. The largest absolute Gasteiger partial charge is 0.366 e. The van der Waals surface area contributed by atoms with Crippen LogP contribution >= 0.6 is 11.6 Å². The molecule has 6 heteroatoms. The number of nitrogens with zero attached hydrogens (tertiary/aromatic N) is 3. The van der Waals surface area contributed by atoms with E-state index in [2.05, 4.69) is 41.2 Å². The van der Waals surface area contributed by atoms with Crippen molar-refractivity contribution < 1.29 is 4.39 Å². The van der Waals surface area contributed by atoms with Crippen LogP contribution in [-0.4, -0.2) is 40.8 Å². The third-order valence-corrected chi connectivity index (χ3v) is 6.54. The molecule has 4 rings (SSSR count). The van der Waals surface area contributed by atoms with Crippen LogP contribution in [-0.2, 0) is 0 Å². The number of hydrogen-bond acceptors (Lipinski definition) is 4. The topological polar surface area (TPSA) is 41.0 Å². The third-order valence-electron chi connectivity index (χ3n) is 6.23. The second kappa shape index (κ2) is 8.19. The highest BCUT2D eigenvalue weighted by molar-refractivity contribution is 6.33. The first-order chi connectivity index (χ1) is 13.8. The number of benzene rings is 1. The van der Waals surface area contributed by atoms with Crippen LogP contribution in [0.4, 0.5) is 10.2 Å². The molecule has 0 radical (unpaired) electrons. The Morgan fingerprint density at radius 2 is 1.83 bits per heavy atom. The van der Waals surface area contributed by atoms with Crippen LogP contribution in [0.2, 0.25) is 5.02 Å². The van der Waals surface area contributed by atoms with Crippen molar-refractivity contribution in [3.8, 4) is 11.3 Å². The molecule has 156 valence electrons. The zero-order valence-electron chi connectivity index (χ0n) is 17.5.